The Morgan fingerprint density at radius 3 is 1.81 bits per heavy atom. The third kappa shape index (κ3) is 6.45. The molecule has 5 aliphatic rings. The van der Waals surface area contributed by atoms with Gasteiger partial charge in [0.2, 0.25) is 0 Å². The first-order valence-corrected chi connectivity index (χ1v) is 28.2. The van der Waals surface area contributed by atoms with Crippen molar-refractivity contribution in [1.29, 1.82) is 0 Å². The molecule has 0 aromatic heterocycles. The minimum atomic E-state index is -0.894. The second-order valence-corrected chi connectivity index (χ2v) is 24.7. The molecule has 4 atom stereocenters. The van der Waals surface area contributed by atoms with Crippen molar-refractivity contribution in [3.63, 3.8) is 0 Å². The fourth-order valence-electron chi connectivity index (χ4n) is 14.1. The van der Waals surface area contributed by atoms with Crippen LogP contribution in [0.15, 0.2) is 182 Å². The molecule has 8 aromatic rings. The first kappa shape index (κ1) is 42.5. The smallest absolute Gasteiger partial charge is 0.311 e. The van der Waals surface area contributed by atoms with E-state index in [4.69, 9.17) is 0 Å². The number of para-hydroxylation sites is 3. The van der Waals surface area contributed by atoms with Crippen LogP contribution in [-0.4, -0.2) is 15.5 Å². The lowest BCUT2D eigenvalue weighted by Crippen LogP contribution is -2.62. The average Bonchev–Trinajstić information content (AvgIpc) is 3.65. The van der Waals surface area contributed by atoms with E-state index in [0.29, 0.717) is 11.8 Å². The molecule has 2 heterocycles. The maximum atomic E-state index is 2.78. The fraction of sp³-hybridized carbons (Fsp3) is 0.250. The van der Waals surface area contributed by atoms with Crippen molar-refractivity contribution in [3.8, 4) is 11.1 Å². The van der Waals surface area contributed by atoms with Crippen LogP contribution in [-0.2, 0) is 10.8 Å². The van der Waals surface area contributed by atoms with Gasteiger partial charge in [0.1, 0.15) is 5.19 Å². The van der Waals surface area contributed by atoms with Gasteiger partial charge in [-0.25, -0.2) is 0 Å². The van der Waals surface area contributed by atoms with Gasteiger partial charge >= 0.3 is 8.80 Å². The second-order valence-electron chi connectivity index (χ2n) is 22.2. The highest BCUT2D eigenvalue weighted by Gasteiger charge is 2.57. The molecular weight excluding hydrogens is 850 g/mol. The molecule has 2 saturated carbocycles. The molecule has 0 amide bonds. The van der Waals surface area contributed by atoms with E-state index in [1.54, 1.807) is 11.1 Å². The minimum Gasteiger partial charge on any atom is -0.311 e. The van der Waals surface area contributed by atoms with Crippen LogP contribution in [0.1, 0.15) is 76.5 Å². The molecule has 3 aliphatic carbocycles. The highest BCUT2D eigenvalue weighted by atomic mass is 28.3. The maximum Gasteiger partial charge on any atom is 0.345 e. The highest BCUT2D eigenvalue weighted by molar-refractivity contribution is 7.00. The van der Waals surface area contributed by atoms with Gasteiger partial charge in [0.25, 0.3) is 6.71 Å². The number of anilines is 9. The van der Waals surface area contributed by atoms with Crippen LogP contribution in [0.3, 0.4) is 0 Å². The average molecular weight is 911 g/mol. The van der Waals surface area contributed by atoms with E-state index in [9.17, 15) is 0 Å². The Hall–Kier alpha value is -6.56. The summed E-state index contributed by atoms with van der Waals surface area (Å²) < 4.78 is 0. The van der Waals surface area contributed by atoms with Crippen molar-refractivity contribution in [2.45, 2.75) is 83.7 Å². The normalized spacial score (nSPS) is 20.4. The number of nitrogens with zero attached hydrogens (tertiary/aromatic N) is 3. The second kappa shape index (κ2) is 16.0. The van der Waals surface area contributed by atoms with Gasteiger partial charge in [0, 0.05) is 56.6 Å². The van der Waals surface area contributed by atoms with Crippen molar-refractivity contribution < 1.29 is 0 Å². The number of hydrogen-bond acceptors (Lipinski definition) is 3. The number of fused-ring (bicyclic) bond motifs is 12. The third-order valence-electron chi connectivity index (χ3n) is 17.1. The zero-order chi connectivity index (χ0) is 46.8. The molecule has 5 heteroatoms. The van der Waals surface area contributed by atoms with Crippen LogP contribution in [0.2, 0.25) is 13.1 Å². The summed E-state index contributed by atoms with van der Waals surface area (Å²) in [6.07, 6.45) is 6.70. The molecule has 1 spiro atoms. The summed E-state index contributed by atoms with van der Waals surface area (Å²) in [4.78, 5) is 7.72. The fourth-order valence-corrected chi connectivity index (χ4v) is 14.9. The lowest BCUT2D eigenvalue weighted by Gasteiger charge is -2.53. The predicted octanol–water partition coefficient (Wildman–Crippen LogP) is 14.6. The monoisotopic (exact) mass is 910 g/mol. The summed E-state index contributed by atoms with van der Waals surface area (Å²) in [5.74, 6) is 2.04. The van der Waals surface area contributed by atoms with Gasteiger partial charge in [-0.2, -0.15) is 0 Å². The third-order valence-corrected chi connectivity index (χ3v) is 18.5. The summed E-state index contributed by atoms with van der Waals surface area (Å²) >= 11 is 0. The molecule has 69 heavy (non-hydrogen) atoms. The van der Waals surface area contributed by atoms with Crippen molar-refractivity contribution in [2.75, 3.05) is 14.7 Å². The molecule has 0 radical (unpaired) electrons. The molecule has 0 saturated heterocycles. The summed E-state index contributed by atoms with van der Waals surface area (Å²) in [5.41, 5.74) is 22.6. The Bertz CT molecular complexity index is 3230. The van der Waals surface area contributed by atoms with Crippen LogP contribution in [0.25, 0.3) is 11.1 Å². The number of rotatable bonds is 6. The van der Waals surface area contributed by atoms with Crippen LogP contribution in [0.5, 0.6) is 0 Å². The van der Waals surface area contributed by atoms with Gasteiger partial charge in [0.15, 0.2) is 0 Å². The van der Waals surface area contributed by atoms with Crippen molar-refractivity contribution in [1.82, 2.24) is 0 Å². The van der Waals surface area contributed by atoms with Crippen molar-refractivity contribution >= 4 is 88.3 Å². The van der Waals surface area contributed by atoms with E-state index in [1.807, 2.05) is 0 Å². The Kier molecular flexibility index (Phi) is 9.86. The Labute approximate surface area is 412 Å². The molecular formula is C64H61BN3Si+. The Balaban J connectivity index is 1.13. The summed E-state index contributed by atoms with van der Waals surface area (Å²) in [7, 11) is -0.894. The Morgan fingerprint density at radius 2 is 1.16 bits per heavy atom. The number of hydrogen-bond donors (Lipinski definition) is 0. The van der Waals surface area contributed by atoms with Crippen LogP contribution < -0.4 is 36.3 Å². The van der Waals surface area contributed by atoms with Gasteiger partial charge in [-0.05, 0) is 165 Å². The van der Waals surface area contributed by atoms with Gasteiger partial charge < -0.3 is 14.7 Å². The lowest BCUT2D eigenvalue weighted by molar-refractivity contribution is 0.0670. The zero-order valence-corrected chi connectivity index (χ0v) is 42.0. The molecule has 0 N–H and O–H groups in total. The van der Waals surface area contributed by atoms with E-state index in [1.165, 1.54) is 104 Å². The van der Waals surface area contributed by atoms with Gasteiger partial charge in [-0.3, -0.25) is 0 Å². The predicted molar refractivity (Wildman–Crippen MR) is 296 cm³/mol. The maximum absolute atomic E-state index is 2.78. The number of benzene rings is 8. The largest absolute Gasteiger partial charge is 0.345 e. The summed E-state index contributed by atoms with van der Waals surface area (Å²) in [5, 5.41) is 1.44. The molecule has 13 rings (SSSR count). The first-order chi connectivity index (χ1) is 33.6. The standard InChI is InChI=1S/C64H61BN3Si/c1-42-35-43-19-18-20-45(36-43)64(42)54-28-17-16-27-52(54)53-40-59-57(41-55(53)64)65-56-34-33-50(66(46-21-10-7-11-22-46)47-23-12-8-13-24-47)37-58(56)68(49-31-29-44(30-32-49)63(2,3)4)61-39-51(69(5)6)38-60(62(61)65)67(59)48-25-14-9-15-26-48/h7-17,21-34,37-43,45H,18-20,35-36H2,1-6H3/q+1. The molecule has 8 aromatic carbocycles. The van der Waals surface area contributed by atoms with Crippen molar-refractivity contribution in [2.24, 2.45) is 17.8 Å². The molecule has 2 bridgehead atoms. The van der Waals surface area contributed by atoms with Crippen LogP contribution >= 0.6 is 0 Å². The van der Waals surface area contributed by atoms with E-state index >= 15 is 0 Å². The van der Waals surface area contributed by atoms with Gasteiger partial charge in [-0.15, -0.1) is 0 Å². The van der Waals surface area contributed by atoms with Crippen LogP contribution in [0, 0.1) is 17.8 Å². The zero-order valence-electron chi connectivity index (χ0n) is 41.0. The van der Waals surface area contributed by atoms with E-state index < -0.39 is 8.80 Å². The van der Waals surface area contributed by atoms with Crippen molar-refractivity contribution in [3.05, 3.63) is 199 Å². The molecule has 2 aliphatic heterocycles. The van der Waals surface area contributed by atoms with Crippen LogP contribution in [0.4, 0.5) is 51.2 Å². The van der Waals surface area contributed by atoms with E-state index in [-0.39, 0.29) is 17.5 Å². The Morgan fingerprint density at radius 1 is 0.551 bits per heavy atom. The van der Waals surface area contributed by atoms with Gasteiger partial charge in [0.05, 0.1) is 13.1 Å². The highest BCUT2D eigenvalue weighted by Crippen LogP contribution is 2.64. The first-order valence-electron chi connectivity index (χ1n) is 25.7. The summed E-state index contributed by atoms with van der Waals surface area (Å²) in [6, 6.07) is 70.1. The van der Waals surface area contributed by atoms with Gasteiger partial charge in [-0.1, -0.05) is 144 Å². The quantitative estimate of drug-likeness (QED) is 0.154. The topological polar surface area (TPSA) is 9.72 Å². The van der Waals surface area contributed by atoms with E-state index in [0.717, 1.165) is 23.0 Å². The molecule has 3 nitrogen and oxygen atoms in total. The molecule has 4 unspecified atom stereocenters. The van der Waals surface area contributed by atoms with E-state index in [2.05, 4.69) is 237 Å². The lowest BCUT2D eigenvalue weighted by atomic mass is 9.33. The summed E-state index contributed by atoms with van der Waals surface area (Å²) in [6.45, 7) is 14.5. The molecule has 338 valence electrons. The minimum absolute atomic E-state index is 0.00176. The SMILES string of the molecule is CC1CC2CCCC(C2)C12c1ccccc1-c1cc3c(cc12)B1c2ccc(N(c4ccccc4)c4ccccc4)cc2N(c2ccc(C(C)(C)C)cc2)c2cc([Si+](C)C)cc(c21)N3c1ccccc1. The molecule has 2 fully saturated rings.